The number of alkyl halides is 3. The number of hydrogen-bond acceptors (Lipinski definition) is 6. The molecule has 1 aliphatic heterocycles. The summed E-state index contributed by atoms with van der Waals surface area (Å²) in [5.74, 6) is -0.746. The number of nitrogens with zero attached hydrogens (tertiary/aromatic N) is 3. The lowest BCUT2D eigenvalue weighted by molar-refractivity contribution is -0.0462. The van der Waals surface area contributed by atoms with Gasteiger partial charge in [-0.25, -0.2) is 18.2 Å². The highest BCUT2D eigenvalue weighted by molar-refractivity contribution is 7.90. The molecule has 0 spiro atoms. The number of benzene rings is 2. The van der Waals surface area contributed by atoms with Crippen LogP contribution in [0.2, 0.25) is 25.7 Å². The van der Waals surface area contributed by atoms with Gasteiger partial charge in [-0.3, -0.25) is 14.5 Å². The van der Waals surface area contributed by atoms with Gasteiger partial charge in [0.1, 0.15) is 29.5 Å². The fraction of sp³-hybridized carbons (Fsp3) is 0.545. The predicted octanol–water partition coefficient (Wildman–Crippen LogP) is 7.43. The molecule has 2 aromatic carbocycles. The number of nitrogens with one attached hydrogen (secondary N) is 1. The summed E-state index contributed by atoms with van der Waals surface area (Å²) in [4.78, 5) is 32.3. The van der Waals surface area contributed by atoms with Crippen LogP contribution in [0, 0.1) is 5.41 Å². The number of fused-ring (bicyclic) bond motifs is 2. The molecule has 0 aliphatic carbocycles. The molecule has 252 valence electrons. The third-order valence-corrected chi connectivity index (χ3v) is 11.6. The van der Waals surface area contributed by atoms with Crippen molar-refractivity contribution in [1.82, 2.24) is 19.2 Å². The van der Waals surface area contributed by atoms with Gasteiger partial charge in [0, 0.05) is 26.0 Å². The van der Waals surface area contributed by atoms with Gasteiger partial charge in [-0.2, -0.15) is 0 Å². The van der Waals surface area contributed by atoms with Crippen molar-refractivity contribution in [3.05, 3.63) is 65.0 Å². The quantitative estimate of drug-likeness (QED) is 0.0874. The summed E-state index contributed by atoms with van der Waals surface area (Å²) >= 11 is -1.83. The normalized spacial score (nSPS) is 17.1. The molecular weight excluding hydrogens is 634 g/mol. The highest BCUT2D eigenvalue weighted by atomic mass is 32.2. The van der Waals surface area contributed by atoms with E-state index in [0.717, 1.165) is 19.9 Å². The monoisotopic (exact) mass is 678 g/mol. The van der Waals surface area contributed by atoms with Crippen LogP contribution in [0.5, 0.6) is 0 Å². The Kier molecular flexibility index (Phi) is 10.5. The molecule has 0 bridgehead atoms. The molecule has 1 N–H and O–H groups in total. The largest absolute Gasteiger partial charge is 0.598 e. The molecule has 4 rings (SSSR count). The van der Waals surface area contributed by atoms with Gasteiger partial charge >= 0.3 is 0 Å². The number of carbonyl (C=O) groups excluding carboxylic acids is 2. The number of ether oxygens (including phenoxy) is 1. The molecule has 8 nitrogen and oxygen atoms in total. The molecule has 0 fully saturated rings. The van der Waals surface area contributed by atoms with Gasteiger partial charge < -0.3 is 13.9 Å². The van der Waals surface area contributed by atoms with E-state index in [2.05, 4.69) is 24.4 Å². The van der Waals surface area contributed by atoms with E-state index in [1.807, 2.05) is 0 Å². The fourth-order valence-electron chi connectivity index (χ4n) is 5.13. The van der Waals surface area contributed by atoms with Gasteiger partial charge in [0.25, 0.3) is 11.8 Å². The lowest BCUT2D eigenvalue weighted by atomic mass is 9.84. The van der Waals surface area contributed by atoms with Crippen molar-refractivity contribution in [1.29, 1.82) is 0 Å². The summed E-state index contributed by atoms with van der Waals surface area (Å²) in [6.07, 6.45) is -5.19. The van der Waals surface area contributed by atoms with E-state index >= 15 is 4.39 Å². The van der Waals surface area contributed by atoms with Gasteiger partial charge in [0.2, 0.25) is 6.43 Å². The van der Waals surface area contributed by atoms with Gasteiger partial charge in [0.15, 0.2) is 0 Å². The van der Waals surface area contributed by atoms with Crippen LogP contribution in [-0.4, -0.2) is 62.8 Å². The standard InChI is InChI=1S/C33H45F3N4O4SSi/c1-20(40-29(41)22-12-10-11-13-23(22)30(40)42)21-14-15-25-24(18-21)37-28(39(25)19-44-16-17-46(7,8)9)26(38-45(43)32(2,3)4)27(34)33(5,6)31(35)36/h10-15,18,20,26-27,31,38H,16-17,19H2,1-9H3/t20-,26+,27?,45+/m1/s1. The molecule has 2 heterocycles. The average Bonchev–Trinajstić information content (AvgIpc) is 3.45. The van der Waals surface area contributed by atoms with E-state index in [-0.39, 0.29) is 12.6 Å². The number of imidazole rings is 1. The van der Waals surface area contributed by atoms with Crippen LogP contribution in [-0.2, 0) is 22.8 Å². The number of rotatable bonds is 13. The summed E-state index contributed by atoms with van der Waals surface area (Å²) in [6, 6.07) is 10.6. The van der Waals surface area contributed by atoms with E-state index < -0.39 is 66.1 Å². The summed E-state index contributed by atoms with van der Waals surface area (Å²) in [5.41, 5.74) is 0.0898. The minimum atomic E-state index is -3.01. The molecule has 3 aromatic rings. The van der Waals surface area contributed by atoms with Gasteiger partial charge in [-0.1, -0.05) is 51.7 Å². The van der Waals surface area contributed by atoms with Crippen molar-refractivity contribution >= 4 is 42.3 Å². The SMILES string of the molecule is C[C@H](c1ccc2c(c1)nc([C@@H](N[S@@+]([O-])C(C)(C)C)C(F)C(C)(C)C(F)F)n2COCC[Si](C)(C)C)N1C(=O)c2ccccc2C1=O. The molecular formula is C33H45F3N4O4SSi. The summed E-state index contributed by atoms with van der Waals surface area (Å²) in [7, 11) is -1.44. The Bertz CT molecular complexity index is 1550. The van der Waals surface area contributed by atoms with Gasteiger partial charge in [-0.15, -0.1) is 4.72 Å². The van der Waals surface area contributed by atoms with E-state index in [1.54, 1.807) is 74.7 Å². The Morgan fingerprint density at radius 3 is 2.11 bits per heavy atom. The van der Waals surface area contributed by atoms with Gasteiger partial charge in [-0.05, 0) is 63.6 Å². The predicted molar refractivity (Wildman–Crippen MR) is 178 cm³/mol. The molecule has 2 amide bonds. The highest BCUT2D eigenvalue weighted by Gasteiger charge is 2.48. The maximum Gasteiger partial charge on any atom is 0.262 e. The Balaban J connectivity index is 1.80. The van der Waals surface area contributed by atoms with E-state index in [9.17, 15) is 22.9 Å². The topological polar surface area (TPSA) is 99.5 Å². The smallest absolute Gasteiger partial charge is 0.262 e. The Hall–Kier alpha value is -2.71. The van der Waals surface area contributed by atoms with Crippen LogP contribution < -0.4 is 4.72 Å². The molecule has 46 heavy (non-hydrogen) atoms. The van der Waals surface area contributed by atoms with Crippen molar-refractivity contribution in [3.63, 3.8) is 0 Å². The molecule has 0 radical (unpaired) electrons. The van der Waals surface area contributed by atoms with E-state index in [0.29, 0.717) is 34.3 Å². The van der Waals surface area contributed by atoms with Crippen LogP contribution in [0.1, 0.15) is 85.7 Å². The Labute approximate surface area is 273 Å². The van der Waals surface area contributed by atoms with Crippen molar-refractivity contribution in [2.75, 3.05) is 6.61 Å². The molecule has 1 aromatic heterocycles. The van der Waals surface area contributed by atoms with Crippen LogP contribution in [0.25, 0.3) is 11.0 Å². The number of halogens is 3. The number of amides is 2. The zero-order valence-electron chi connectivity index (χ0n) is 28.0. The zero-order valence-corrected chi connectivity index (χ0v) is 29.8. The highest BCUT2D eigenvalue weighted by Crippen LogP contribution is 2.40. The lowest BCUT2D eigenvalue weighted by Crippen LogP contribution is -2.49. The van der Waals surface area contributed by atoms with Crippen LogP contribution in [0.15, 0.2) is 42.5 Å². The molecule has 1 aliphatic rings. The van der Waals surface area contributed by atoms with Gasteiger partial charge in [0.05, 0.1) is 33.6 Å². The lowest BCUT2D eigenvalue weighted by Gasteiger charge is -2.35. The third kappa shape index (κ3) is 7.38. The zero-order chi connectivity index (χ0) is 34.4. The third-order valence-electron chi connectivity index (χ3n) is 8.35. The summed E-state index contributed by atoms with van der Waals surface area (Å²) in [5, 5.41) is 0. The minimum Gasteiger partial charge on any atom is -0.598 e. The second-order valence-corrected chi connectivity index (χ2v) is 22.3. The van der Waals surface area contributed by atoms with Crippen molar-refractivity contribution in [2.45, 2.75) is 103 Å². The van der Waals surface area contributed by atoms with Crippen molar-refractivity contribution in [2.24, 2.45) is 5.41 Å². The molecule has 0 saturated heterocycles. The maximum atomic E-state index is 16.4. The average molecular weight is 679 g/mol. The van der Waals surface area contributed by atoms with Crippen molar-refractivity contribution < 1.29 is 32.0 Å². The fourth-order valence-corrected chi connectivity index (χ4v) is 6.69. The minimum absolute atomic E-state index is 0.0359. The number of aromatic nitrogens is 2. The molecule has 1 unspecified atom stereocenters. The number of hydrogen-bond donors (Lipinski definition) is 1. The van der Waals surface area contributed by atoms with Crippen LogP contribution in [0.3, 0.4) is 0 Å². The summed E-state index contributed by atoms with van der Waals surface area (Å²) < 4.78 is 67.7. The summed E-state index contributed by atoms with van der Waals surface area (Å²) in [6.45, 7) is 16.2. The van der Waals surface area contributed by atoms with E-state index in [1.165, 1.54) is 4.90 Å². The van der Waals surface area contributed by atoms with Crippen LogP contribution >= 0.6 is 0 Å². The second-order valence-electron chi connectivity index (χ2n) is 14.7. The molecule has 4 atom stereocenters. The first-order valence-corrected chi connectivity index (χ1v) is 20.3. The molecule has 13 heteroatoms. The Morgan fingerprint density at radius 1 is 1.00 bits per heavy atom. The number of imide groups is 1. The van der Waals surface area contributed by atoms with Crippen molar-refractivity contribution in [3.8, 4) is 0 Å². The van der Waals surface area contributed by atoms with Crippen LogP contribution in [0.4, 0.5) is 13.2 Å². The second kappa shape index (κ2) is 13.4. The number of carbonyl (C=O) groups is 2. The Morgan fingerprint density at radius 2 is 1.59 bits per heavy atom. The molecule has 0 saturated carbocycles. The maximum absolute atomic E-state index is 16.4. The first kappa shape index (κ1) is 36.1. The first-order valence-electron chi connectivity index (χ1n) is 15.4. The van der Waals surface area contributed by atoms with E-state index in [4.69, 9.17) is 9.72 Å². The first-order chi connectivity index (χ1) is 21.3.